The summed E-state index contributed by atoms with van der Waals surface area (Å²) in [5, 5.41) is 0. The van der Waals surface area contributed by atoms with Crippen molar-refractivity contribution in [2.24, 2.45) is 11.5 Å². The molecule has 88 valence electrons. The van der Waals surface area contributed by atoms with Crippen molar-refractivity contribution in [1.82, 2.24) is 0 Å². The monoisotopic (exact) mass is 216 g/mol. The first-order chi connectivity index (χ1) is 7.13. The number of nitrogens with two attached hydrogens (primary N) is 2. The minimum Gasteiger partial charge on any atom is -0.450 e. The predicted octanol–water partition coefficient (Wildman–Crippen LogP) is 1.30. The van der Waals surface area contributed by atoms with Gasteiger partial charge in [-0.15, -0.1) is 0 Å². The lowest BCUT2D eigenvalue weighted by atomic mass is 10.1. The Morgan fingerprint density at radius 2 is 1.40 bits per heavy atom. The van der Waals surface area contributed by atoms with Crippen LogP contribution in [0.5, 0.6) is 0 Å². The molecule has 0 aromatic rings. The van der Waals surface area contributed by atoms with E-state index in [1.54, 1.807) is 0 Å². The molecule has 0 fully saturated rings. The van der Waals surface area contributed by atoms with Crippen molar-refractivity contribution in [2.75, 3.05) is 6.61 Å². The molecule has 5 nitrogen and oxygen atoms in total. The Kier molecular flexibility index (Phi) is 8.52. The maximum absolute atomic E-state index is 10.4. The van der Waals surface area contributed by atoms with Gasteiger partial charge in [-0.1, -0.05) is 25.7 Å². The molecule has 0 aliphatic heterocycles. The molecule has 0 rings (SSSR count). The molecular formula is C10H20N2O3. The summed E-state index contributed by atoms with van der Waals surface area (Å²) in [4.78, 5) is 20.6. The van der Waals surface area contributed by atoms with E-state index in [1.165, 1.54) is 0 Å². The first-order valence-corrected chi connectivity index (χ1v) is 5.33. The molecule has 5 heteroatoms. The van der Waals surface area contributed by atoms with E-state index in [2.05, 4.69) is 4.74 Å². The van der Waals surface area contributed by atoms with Crippen LogP contribution in [0, 0.1) is 0 Å². The predicted molar refractivity (Wildman–Crippen MR) is 57.0 cm³/mol. The van der Waals surface area contributed by atoms with Gasteiger partial charge in [0.1, 0.15) is 0 Å². The number of unbranched alkanes of at least 4 members (excludes halogenated alkanes) is 5. The van der Waals surface area contributed by atoms with E-state index in [0.29, 0.717) is 13.0 Å². The standard InChI is InChI=1S/C10H20N2O3/c11-9(13)7-5-3-1-2-4-6-8-15-10(12)14/h1-8H2,(H2,11,13)(H2,12,14). The lowest BCUT2D eigenvalue weighted by Gasteiger charge is -2.01. The van der Waals surface area contributed by atoms with Crippen molar-refractivity contribution in [2.45, 2.75) is 44.9 Å². The van der Waals surface area contributed by atoms with Gasteiger partial charge in [0, 0.05) is 6.42 Å². The maximum atomic E-state index is 10.4. The fourth-order valence-corrected chi connectivity index (χ4v) is 1.28. The van der Waals surface area contributed by atoms with Crippen molar-refractivity contribution in [3.8, 4) is 0 Å². The molecule has 0 saturated heterocycles. The number of primary amides is 2. The lowest BCUT2D eigenvalue weighted by molar-refractivity contribution is -0.118. The van der Waals surface area contributed by atoms with Gasteiger partial charge in [0.25, 0.3) is 0 Å². The van der Waals surface area contributed by atoms with Gasteiger partial charge >= 0.3 is 6.09 Å². The fraction of sp³-hybridized carbons (Fsp3) is 0.800. The zero-order valence-electron chi connectivity index (χ0n) is 9.04. The van der Waals surface area contributed by atoms with Crippen LogP contribution in [0.2, 0.25) is 0 Å². The minimum atomic E-state index is -0.712. The van der Waals surface area contributed by atoms with Crippen LogP contribution in [0.4, 0.5) is 4.79 Å². The van der Waals surface area contributed by atoms with Crippen LogP contribution >= 0.6 is 0 Å². The third-order valence-corrected chi connectivity index (χ3v) is 2.06. The molecule has 0 aromatic carbocycles. The third kappa shape index (κ3) is 12.7. The van der Waals surface area contributed by atoms with Gasteiger partial charge in [0.2, 0.25) is 5.91 Å². The van der Waals surface area contributed by atoms with Crippen LogP contribution in [0.15, 0.2) is 0 Å². The van der Waals surface area contributed by atoms with Crippen LogP contribution in [-0.4, -0.2) is 18.6 Å². The number of hydrogen-bond acceptors (Lipinski definition) is 3. The van der Waals surface area contributed by atoms with Crippen molar-refractivity contribution < 1.29 is 14.3 Å². The Morgan fingerprint density at radius 1 is 0.867 bits per heavy atom. The second-order valence-corrected chi connectivity index (χ2v) is 3.51. The van der Waals surface area contributed by atoms with Crippen LogP contribution in [-0.2, 0) is 9.53 Å². The van der Waals surface area contributed by atoms with Crippen LogP contribution in [0.3, 0.4) is 0 Å². The van der Waals surface area contributed by atoms with Crippen molar-refractivity contribution in [1.29, 1.82) is 0 Å². The summed E-state index contributed by atoms with van der Waals surface area (Å²) in [6, 6.07) is 0. The van der Waals surface area contributed by atoms with E-state index < -0.39 is 6.09 Å². The van der Waals surface area contributed by atoms with E-state index in [0.717, 1.165) is 38.5 Å². The number of amides is 2. The van der Waals surface area contributed by atoms with Crippen molar-refractivity contribution in [3.63, 3.8) is 0 Å². The molecule has 15 heavy (non-hydrogen) atoms. The molecule has 0 aliphatic rings. The number of ether oxygens (including phenoxy) is 1. The average Bonchev–Trinajstić information content (AvgIpc) is 2.14. The minimum absolute atomic E-state index is 0.232. The zero-order valence-corrected chi connectivity index (χ0v) is 9.04. The molecule has 0 heterocycles. The summed E-state index contributed by atoms with van der Waals surface area (Å²) in [7, 11) is 0. The highest BCUT2D eigenvalue weighted by atomic mass is 16.5. The molecule has 0 spiro atoms. The highest BCUT2D eigenvalue weighted by Gasteiger charge is 1.96. The molecule has 2 amide bonds. The Hall–Kier alpha value is -1.26. The van der Waals surface area contributed by atoms with Gasteiger partial charge in [-0.25, -0.2) is 4.79 Å². The van der Waals surface area contributed by atoms with E-state index >= 15 is 0 Å². The SMILES string of the molecule is NC(=O)CCCCCCCCOC(N)=O. The first-order valence-electron chi connectivity index (χ1n) is 5.33. The van der Waals surface area contributed by atoms with Gasteiger partial charge in [0.15, 0.2) is 0 Å². The molecule has 0 aromatic heterocycles. The van der Waals surface area contributed by atoms with E-state index in [1.807, 2.05) is 0 Å². The Balaban J connectivity index is 2.99. The van der Waals surface area contributed by atoms with Crippen molar-refractivity contribution >= 4 is 12.0 Å². The van der Waals surface area contributed by atoms with Crippen molar-refractivity contribution in [3.05, 3.63) is 0 Å². The normalized spacial score (nSPS) is 9.87. The molecule has 0 aliphatic carbocycles. The van der Waals surface area contributed by atoms with E-state index in [-0.39, 0.29) is 5.91 Å². The first kappa shape index (κ1) is 13.7. The highest BCUT2D eigenvalue weighted by Crippen LogP contribution is 2.06. The summed E-state index contributed by atoms with van der Waals surface area (Å²) in [5.74, 6) is -0.232. The third-order valence-electron chi connectivity index (χ3n) is 2.06. The number of rotatable bonds is 9. The molecule has 0 atom stereocenters. The number of carbonyl (C=O) groups excluding carboxylic acids is 2. The van der Waals surface area contributed by atoms with Gasteiger partial charge in [-0.05, 0) is 12.8 Å². The molecular weight excluding hydrogens is 196 g/mol. The quantitative estimate of drug-likeness (QED) is 0.568. The average molecular weight is 216 g/mol. The van der Waals surface area contributed by atoms with Gasteiger partial charge in [0.05, 0.1) is 6.61 Å². The summed E-state index contributed by atoms with van der Waals surface area (Å²) in [6.07, 6.45) is 5.70. The smallest absolute Gasteiger partial charge is 0.404 e. The maximum Gasteiger partial charge on any atom is 0.404 e. The fourth-order valence-electron chi connectivity index (χ4n) is 1.28. The second kappa shape index (κ2) is 9.30. The largest absolute Gasteiger partial charge is 0.450 e. The number of hydrogen-bond donors (Lipinski definition) is 2. The summed E-state index contributed by atoms with van der Waals surface area (Å²) >= 11 is 0. The number of carbonyl (C=O) groups is 2. The molecule has 0 unspecified atom stereocenters. The molecule has 0 radical (unpaired) electrons. The lowest BCUT2D eigenvalue weighted by Crippen LogP contribution is -2.13. The summed E-state index contributed by atoms with van der Waals surface area (Å²) in [5.41, 5.74) is 9.80. The van der Waals surface area contributed by atoms with E-state index in [4.69, 9.17) is 11.5 Å². The van der Waals surface area contributed by atoms with Gasteiger partial charge in [-0.3, -0.25) is 4.79 Å². The molecule has 0 bridgehead atoms. The summed E-state index contributed by atoms with van der Waals surface area (Å²) < 4.78 is 4.58. The topological polar surface area (TPSA) is 95.4 Å². The van der Waals surface area contributed by atoms with Crippen LogP contribution < -0.4 is 11.5 Å². The highest BCUT2D eigenvalue weighted by molar-refractivity contribution is 5.73. The van der Waals surface area contributed by atoms with Gasteiger partial charge < -0.3 is 16.2 Å². The Morgan fingerprint density at radius 3 is 1.93 bits per heavy atom. The molecule has 0 saturated carbocycles. The van der Waals surface area contributed by atoms with E-state index in [9.17, 15) is 9.59 Å². The summed E-state index contributed by atoms with van der Waals surface area (Å²) in [6.45, 7) is 0.399. The van der Waals surface area contributed by atoms with Gasteiger partial charge in [-0.2, -0.15) is 0 Å². The zero-order chi connectivity index (χ0) is 11.5. The van der Waals surface area contributed by atoms with Crippen LogP contribution in [0.25, 0.3) is 0 Å². The van der Waals surface area contributed by atoms with Crippen LogP contribution in [0.1, 0.15) is 44.9 Å². The Bertz CT molecular complexity index is 175. The second-order valence-electron chi connectivity index (χ2n) is 3.51. The Labute approximate surface area is 90.1 Å². The molecule has 4 N–H and O–H groups in total.